The maximum atomic E-state index is 11.9. The van der Waals surface area contributed by atoms with E-state index < -0.39 is 0 Å². The van der Waals surface area contributed by atoms with Crippen molar-refractivity contribution >= 4 is 5.97 Å². The fourth-order valence-electron chi connectivity index (χ4n) is 4.71. The molecule has 0 N–H and O–H groups in total. The van der Waals surface area contributed by atoms with Gasteiger partial charge in [-0.05, 0) is 72.9 Å². The first-order valence-electron chi connectivity index (χ1n) is 14.7. The largest absolute Gasteiger partial charge is 0.489 e. The smallest absolute Gasteiger partial charge is 0.306 e. The number of benzene rings is 3. The zero-order chi connectivity index (χ0) is 27.0. The minimum absolute atomic E-state index is 0.153. The number of aryl methyl sites for hydroxylation is 3. The van der Waals surface area contributed by atoms with Gasteiger partial charge in [-0.15, -0.1) is 0 Å². The fraction of sp³-hybridized carbons (Fsp3) is 0.457. The van der Waals surface area contributed by atoms with Crippen LogP contribution < -0.4 is 4.74 Å². The summed E-state index contributed by atoms with van der Waals surface area (Å²) < 4.78 is 11.8. The van der Waals surface area contributed by atoms with E-state index in [2.05, 4.69) is 73.7 Å². The topological polar surface area (TPSA) is 35.5 Å². The van der Waals surface area contributed by atoms with Gasteiger partial charge in [0, 0.05) is 6.42 Å². The van der Waals surface area contributed by atoms with Crippen molar-refractivity contribution in [3.8, 4) is 16.9 Å². The van der Waals surface area contributed by atoms with Crippen molar-refractivity contribution in [3.63, 3.8) is 0 Å². The van der Waals surface area contributed by atoms with Crippen molar-refractivity contribution in [2.24, 2.45) is 0 Å². The van der Waals surface area contributed by atoms with Crippen LogP contribution in [0.4, 0.5) is 0 Å². The lowest BCUT2D eigenvalue weighted by molar-refractivity contribution is -0.149. The Morgan fingerprint density at radius 3 is 2.13 bits per heavy atom. The second-order valence-electron chi connectivity index (χ2n) is 10.4. The molecule has 0 amide bonds. The molecule has 3 rings (SSSR count). The average Bonchev–Trinajstić information content (AvgIpc) is 2.94. The summed E-state index contributed by atoms with van der Waals surface area (Å²) >= 11 is 0. The molecule has 3 nitrogen and oxygen atoms in total. The van der Waals surface area contributed by atoms with E-state index in [9.17, 15) is 4.79 Å². The second-order valence-corrected chi connectivity index (χ2v) is 10.4. The summed E-state index contributed by atoms with van der Waals surface area (Å²) in [6, 6.07) is 26.1. The summed E-state index contributed by atoms with van der Waals surface area (Å²) in [5.74, 6) is 0.771. The molecule has 38 heavy (non-hydrogen) atoms. The molecule has 3 heteroatoms. The third-order valence-corrected chi connectivity index (χ3v) is 6.95. The number of unbranched alkanes of at least 4 members (excludes halogenated alkanes) is 5. The molecule has 0 aromatic heterocycles. The molecule has 1 unspecified atom stereocenters. The third kappa shape index (κ3) is 10.4. The van der Waals surface area contributed by atoms with E-state index >= 15 is 0 Å². The van der Waals surface area contributed by atoms with Gasteiger partial charge < -0.3 is 9.47 Å². The van der Waals surface area contributed by atoms with E-state index in [-0.39, 0.29) is 12.1 Å². The molecule has 1 atom stereocenters. The average molecular weight is 515 g/mol. The van der Waals surface area contributed by atoms with Gasteiger partial charge in [0.15, 0.2) is 0 Å². The number of ether oxygens (including phenoxy) is 2. The van der Waals surface area contributed by atoms with Gasteiger partial charge in [0.25, 0.3) is 0 Å². The molecule has 0 aliphatic heterocycles. The lowest BCUT2D eigenvalue weighted by atomic mass is 9.98. The first kappa shape index (κ1) is 29.5. The lowest BCUT2D eigenvalue weighted by Crippen LogP contribution is -2.22. The van der Waals surface area contributed by atoms with Crippen molar-refractivity contribution < 1.29 is 14.3 Å². The van der Waals surface area contributed by atoms with E-state index in [4.69, 9.17) is 9.47 Å². The van der Waals surface area contributed by atoms with Gasteiger partial charge in [-0.3, -0.25) is 4.79 Å². The predicted octanol–water partition coefficient (Wildman–Crippen LogP) is 9.15. The van der Waals surface area contributed by atoms with Crippen LogP contribution in [-0.4, -0.2) is 18.7 Å². The molecular weight excluding hydrogens is 468 g/mol. The van der Waals surface area contributed by atoms with Gasteiger partial charge in [-0.1, -0.05) is 113 Å². The van der Waals surface area contributed by atoms with Crippen LogP contribution in [0.15, 0.2) is 72.8 Å². The van der Waals surface area contributed by atoms with E-state index in [1.165, 1.54) is 66.3 Å². The maximum absolute atomic E-state index is 11.9. The summed E-state index contributed by atoms with van der Waals surface area (Å²) in [4.78, 5) is 11.9. The minimum atomic E-state index is -0.269. The van der Waals surface area contributed by atoms with Crippen molar-refractivity contribution in [1.82, 2.24) is 0 Å². The Hall–Kier alpha value is -3.07. The van der Waals surface area contributed by atoms with Crippen molar-refractivity contribution in [3.05, 3.63) is 89.5 Å². The van der Waals surface area contributed by atoms with Crippen molar-refractivity contribution in [1.29, 1.82) is 0 Å². The van der Waals surface area contributed by atoms with Crippen molar-refractivity contribution in [2.45, 2.75) is 97.5 Å². The molecule has 3 aromatic carbocycles. The van der Waals surface area contributed by atoms with Crippen LogP contribution in [0.25, 0.3) is 11.1 Å². The molecule has 0 bridgehead atoms. The number of carbonyl (C=O) groups is 1. The fourth-order valence-corrected chi connectivity index (χ4v) is 4.71. The van der Waals surface area contributed by atoms with Crippen LogP contribution in [-0.2, 0) is 28.8 Å². The van der Waals surface area contributed by atoms with Crippen molar-refractivity contribution in [2.75, 3.05) is 6.61 Å². The Bertz CT molecular complexity index is 1070. The molecule has 0 radical (unpaired) electrons. The Morgan fingerprint density at radius 1 is 0.711 bits per heavy atom. The highest BCUT2D eigenvalue weighted by Gasteiger charge is 2.12. The maximum Gasteiger partial charge on any atom is 0.306 e. The molecule has 0 saturated heterocycles. The highest BCUT2D eigenvalue weighted by atomic mass is 16.6. The lowest BCUT2D eigenvalue weighted by Gasteiger charge is -2.17. The number of esters is 1. The van der Waals surface area contributed by atoms with E-state index in [1.807, 2.05) is 19.9 Å². The normalized spacial score (nSPS) is 11.8. The number of hydrogen-bond acceptors (Lipinski definition) is 3. The number of hydrogen-bond donors (Lipinski definition) is 0. The third-order valence-electron chi connectivity index (χ3n) is 6.95. The Balaban J connectivity index is 1.62. The van der Waals surface area contributed by atoms with Crippen LogP contribution in [0.2, 0.25) is 0 Å². The highest BCUT2D eigenvalue weighted by molar-refractivity contribution is 5.69. The van der Waals surface area contributed by atoms with Gasteiger partial charge >= 0.3 is 5.97 Å². The molecule has 0 heterocycles. The predicted molar refractivity (Wildman–Crippen MR) is 159 cm³/mol. The van der Waals surface area contributed by atoms with Crippen LogP contribution in [0.1, 0.15) is 88.8 Å². The van der Waals surface area contributed by atoms with Gasteiger partial charge in [0.05, 0.1) is 0 Å². The zero-order valence-electron chi connectivity index (χ0n) is 23.7. The zero-order valence-corrected chi connectivity index (χ0v) is 23.7. The summed E-state index contributed by atoms with van der Waals surface area (Å²) in [6.07, 6.45) is 11.7. The molecule has 204 valence electrons. The second kappa shape index (κ2) is 16.7. The van der Waals surface area contributed by atoms with Gasteiger partial charge in [-0.2, -0.15) is 0 Å². The number of rotatable bonds is 17. The molecule has 0 spiro atoms. The van der Waals surface area contributed by atoms with E-state index in [0.717, 1.165) is 31.4 Å². The molecule has 0 saturated carbocycles. The first-order valence-corrected chi connectivity index (χ1v) is 14.7. The number of carbonyl (C=O) groups excluding carboxylic acids is 1. The van der Waals surface area contributed by atoms with E-state index in [1.54, 1.807) is 0 Å². The first-order chi connectivity index (χ1) is 18.6. The summed E-state index contributed by atoms with van der Waals surface area (Å²) in [5.41, 5.74) is 6.32. The van der Waals surface area contributed by atoms with Crippen LogP contribution in [0, 0.1) is 0 Å². The van der Waals surface area contributed by atoms with Gasteiger partial charge in [-0.25, -0.2) is 0 Å². The van der Waals surface area contributed by atoms with Gasteiger partial charge in [0.2, 0.25) is 0 Å². The Labute approximate surface area is 230 Å². The molecular formula is C35H46O3. The Kier molecular flexibility index (Phi) is 13.0. The molecule has 3 aromatic rings. The quantitative estimate of drug-likeness (QED) is 0.133. The highest BCUT2D eigenvalue weighted by Crippen LogP contribution is 2.25. The van der Waals surface area contributed by atoms with Crippen LogP contribution in [0.3, 0.4) is 0 Å². The Morgan fingerprint density at radius 2 is 1.39 bits per heavy atom. The summed E-state index contributed by atoms with van der Waals surface area (Å²) in [5, 5.41) is 0. The van der Waals surface area contributed by atoms with Crippen LogP contribution in [0.5, 0.6) is 5.75 Å². The standard InChI is InChI=1S/C35H46O3/c1-4-6-7-8-9-11-15-30-21-25-33(34(26-30)37-27-28(3)38-35(36)14-5-2)24-20-29-18-22-32(23-19-29)31-16-12-10-13-17-31/h10,12-13,16-19,21-23,25-26,28H,4-9,11,14-15,20,24,27H2,1-3H3. The summed E-state index contributed by atoms with van der Waals surface area (Å²) in [7, 11) is 0. The monoisotopic (exact) mass is 514 g/mol. The summed E-state index contributed by atoms with van der Waals surface area (Å²) in [6.45, 7) is 6.52. The molecule has 0 aliphatic carbocycles. The van der Waals surface area contributed by atoms with Crippen LogP contribution >= 0.6 is 0 Å². The van der Waals surface area contributed by atoms with Gasteiger partial charge in [0.1, 0.15) is 18.5 Å². The SMILES string of the molecule is CCCCCCCCc1ccc(CCc2ccc(-c3ccccc3)cc2)c(OCC(C)OC(=O)CCC)c1. The molecule has 0 fully saturated rings. The molecule has 0 aliphatic rings. The minimum Gasteiger partial charge on any atom is -0.489 e. The van der Waals surface area contributed by atoms with E-state index in [0.29, 0.717) is 13.0 Å².